The number of likely N-dealkylation sites (tertiary alicyclic amines) is 1. The van der Waals surface area contributed by atoms with E-state index in [-0.39, 0.29) is 24.1 Å². The van der Waals surface area contributed by atoms with Crippen molar-refractivity contribution in [3.8, 4) is 11.3 Å². The minimum atomic E-state index is -0.570. The van der Waals surface area contributed by atoms with Gasteiger partial charge in [-0.2, -0.15) is 5.10 Å². The fourth-order valence-electron chi connectivity index (χ4n) is 5.54. The third kappa shape index (κ3) is 4.62. The number of fused-ring (bicyclic) bond motifs is 3. The number of hydrogen-bond acceptors (Lipinski definition) is 9. The van der Waals surface area contributed by atoms with E-state index in [1.54, 1.807) is 12.1 Å². The third-order valence-corrected chi connectivity index (χ3v) is 7.13. The second-order valence-electron chi connectivity index (χ2n) is 11.0. The zero-order chi connectivity index (χ0) is 27.3. The average Bonchev–Trinajstić information content (AvgIpc) is 3.62. The van der Waals surface area contributed by atoms with Gasteiger partial charge in [0.25, 0.3) is 5.91 Å². The van der Waals surface area contributed by atoms with E-state index in [2.05, 4.69) is 25.3 Å². The van der Waals surface area contributed by atoms with Crippen LogP contribution in [0.1, 0.15) is 50.0 Å². The minimum absolute atomic E-state index is 0.0517. The highest BCUT2D eigenvalue weighted by Gasteiger charge is 2.49. The summed E-state index contributed by atoms with van der Waals surface area (Å²) in [6.45, 7) is 6.29. The molecule has 0 spiro atoms. The van der Waals surface area contributed by atoms with Gasteiger partial charge in [-0.15, -0.1) is 0 Å². The average molecular weight is 528 g/mol. The Kier molecular flexibility index (Phi) is 5.89. The minimum Gasteiger partial charge on any atom is -0.444 e. The summed E-state index contributed by atoms with van der Waals surface area (Å²) in [5, 5.41) is 8.33. The molecule has 4 aromatic rings. The monoisotopic (exact) mass is 527 g/mol. The largest absolute Gasteiger partial charge is 0.444 e. The lowest BCUT2D eigenvalue weighted by Gasteiger charge is -2.34. The quantitative estimate of drug-likeness (QED) is 0.404. The number of amides is 2. The Balaban J connectivity index is 1.31. The summed E-state index contributed by atoms with van der Waals surface area (Å²) in [5.74, 6) is 0.747. The van der Waals surface area contributed by atoms with Gasteiger partial charge in [-0.05, 0) is 51.7 Å². The lowest BCUT2D eigenvalue weighted by Crippen LogP contribution is -2.45. The Morgan fingerprint density at radius 1 is 1.05 bits per heavy atom. The Hall–Kier alpha value is -4.61. The molecule has 1 saturated carbocycles. The van der Waals surface area contributed by atoms with E-state index in [1.165, 1.54) is 24.9 Å². The number of carbonyl (C=O) groups is 2. The molecule has 3 N–H and O–H groups in total. The van der Waals surface area contributed by atoms with Crippen LogP contribution >= 0.6 is 0 Å². The summed E-state index contributed by atoms with van der Waals surface area (Å²) in [7, 11) is 0. The van der Waals surface area contributed by atoms with Crippen LogP contribution in [0.4, 0.5) is 16.4 Å². The lowest BCUT2D eigenvalue weighted by molar-refractivity contribution is 0.0135. The van der Waals surface area contributed by atoms with Crippen molar-refractivity contribution in [2.24, 2.45) is 5.92 Å². The summed E-state index contributed by atoms with van der Waals surface area (Å²) in [5.41, 5.74) is 8.21. The molecule has 6 rings (SSSR count). The molecule has 12 heteroatoms. The number of aromatic nitrogens is 6. The van der Waals surface area contributed by atoms with Gasteiger partial charge in [0.15, 0.2) is 11.5 Å². The summed E-state index contributed by atoms with van der Waals surface area (Å²) in [6, 6.07) is 6.94. The maximum absolute atomic E-state index is 13.0. The maximum Gasteiger partial charge on any atom is 0.410 e. The third-order valence-electron chi connectivity index (χ3n) is 7.13. The van der Waals surface area contributed by atoms with Crippen molar-refractivity contribution in [1.29, 1.82) is 0 Å². The first-order chi connectivity index (χ1) is 18.7. The fourth-order valence-corrected chi connectivity index (χ4v) is 5.54. The standard InChI is InChI=1S/C27H29N9O3/c1-27(2,3)39-26(38)35-13-15-10-18(35)19(11-15)36-24-21(23(28)31-14-32-24)22(34-36)16-4-6-17(7-5-16)25(37)33-20-12-29-8-9-30-20/h4-9,12,14-15,18-19H,10-11,13H2,1-3H3,(H2,28,31,32)(H,30,33,37). The van der Waals surface area contributed by atoms with Crippen LogP contribution in [-0.4, -0.2) is 64.8 Å². The number of piperidine rings is 1. The molecular weight excluding hydrogens is 498 g/mol. The molecule has 2 amide bonds. The molecule has 1 aliphatic carbocycles. The molecule has 1 aliphatic heterocycles. The molecule has 4 heterocycles. The number of carbonyl (C=O) groups excluding carboxylic acids is 2. The van der Waals surface area contributed by atoms with Gasteiger partial charge in [-0.3, -0.25) is 9.78 Å². The molecule has 12 nitrogen and oxygen atoms in total. The number of ether oxygens (including phenoxy) is 1. The molecule has 1 saturated heterocycles. The van der Waals surface area contributed by atoms with E-state index >= 15 is 0 Å². The van der Waals surface area contributed by atoms with E-state index in [0.29, 0.717) is 46.4 Å². The predicted molar refractivity (Wildman–Crippen MR) is 144 cm³/mol. The molecule has 0 radical (unpaired) electrons. The van der Waals surface area contributed by atoms with E-state index in [9.17, 15) is 9.59 Å². The van der Waals surface area contributed by atoms with Crippen LogP contribution in [0.15, 0.2) is 49.2 Å². The number of rotatable bonds is 4. The van der Waals surface area contributed by atoms with Gasteiger partial charge in [0.2, 0.25) is 0 Å². The van der Waals surface area contributed by atoms with Crippen molar-refractivity contribution in [2.75, 3.05) is 17.6 Å². The van der Waals surface area contributed by atoms with E-state index in [0.717, 1.165) is 18.4 Å². The highest BCUT2D eigenvalue weighted by atomic mass is 16.6. The zero-order valence-corrected chi connectivity index (χ0v) is 21.9. The Labute approximate surface area is 224 Å². The summed E-state index contributed by atoms with van der Waals surface area (Å²) in [4.78, 5) is 44.2. The van der Waals surface area contributed by atoms with Gasteiger partial charge in [-0.25, -0.2) is 24.4 Å². The molecule has 2 bridgehead atoms. The molecule has 1 aromatic carbocycles. The number of hydrogen-bond donors (Lipinski definition) is 2. The van der Waals surface area contributed by atoms with Gasteiger partial charge in [0.05, 0.1) is 23.7 Å². The van der Waals surface area contributed by atoms with Gasteiger partial charge in [0, 0.05) is 30.1 Å². The molecule has 3 aromatic heterocycles. The van der Waals surface area contributed by atoms with Crippen molar-refractivity contribution in [1.82, 2.24) is 34.6 Å². The van der Waals surface area contributed by atoms with Crippen LogP contribution in [0, 0.1) is 5.92 Å². The molecule has 200 valence electrons. The number of anilines is 2. The van der Waals surface area contributed by atoms with Crippen molar-refractivity contribution in [2.45, 2.75) is 51.3 Å². The number of benzene rings is 1. The van der Waals surface area contributed by atoms with Gasteiger partial charge in [0.1, 0.15) is 23.4 Å². The second kappa shape index (κ2) is 9.29. The van der Waals surface area contributed by atoms with Crippen LogP contribution in [0.25, 0.3) is 22.3 Å². The van der Waals surface area contributed by atoms with Crippen LogP contribution in [0.5, 0.6) is 0 Å². The topological polar surface area (TPSA) is 154 Å². The zero-order valence-electron chi connectivity index (χ0n) is 21.9. The van der Waals surface area contributed by atoms with E-state index in [4.69, 9.17) is 15.6 Å². The Morgan fingerprint density at radius 2 is 1.82 bits per heavy atom. The lowest BCUT2D eigenvalue weighted by atomic mass is 10.1. The smallest absolute Gasteiger partial charge is 0.410 e. The van der Waals surface area contributed by atoms with Crippen LogP contribution < -0.4 is 11.1 Å². The number of nitrogens with two attached hydrogens (primary N) is 1. The number of nitrogen functional groups attached to an aromatic ring is 1. The second-order valence-corrected chi connectivity index (χ2v) is 11.0. The molecule has 39 heavy (non-hydrogen) atoms. The van der Waals surface area contributed by atoms with E-state index < -0.39 is 5.60 Å². The van der Waals surface area contributed by atoms with Gasteiger partial charge >= 0.3 is 6.09 Å². The first-order valence-corrected chi connectivity index (χ1v) is 12.8. The van der Waals surface area contributed by atoms with Crippen molar-refractivity contribution >= 4 is 34.7 Å². The Morgan fingerprint density at radius 3 is 2.51 bits per heavy atom. The normalized spacial score (nSPS) is 20.4. The van der Waals surface area contributed by atoms with Crippen molar-refractivity contribution in [3.63, 3.8) is 0 Å². The van der Waals surface area contributed by atoms with Crippen molar-refractivity contribution < 1.29 is 14.3 Å². The van der Waals surface area contributed by atoms with Crippen LogP contribution in [0.3, 0.4) is 0 Å². The highest BCUT2D eigenvalue weighted by Crippen LogP contribution is 2.46. The molecule has 3 unspecified atom stereocenters. The number of nitrogens with zero attached hydrogens (tertiary/aromatic N) is 7. The summed E-state index contributed by atoms with van der Waals surface area (Å²) < 4.78 is 7.57. The van der Waals surface area contributed by atoms with Gasteiger partial charge in [-0.1, -0.05) is 12.1 Å². The Bertz CT molecular complexity index is 1550. The van der Waals surface area contributed by atoms with E-state index in [1.807, 2.05) is 42.5 Å². The van der Waals surface area contributed by atoms with Gasteiger partial charge < -0.3 is 20.7 Å². The molecule has 3 atom stereocenters. The summed E-state index contributed by atoms with van der Waals surface area (Å²) in [6.07, 6.45) is 7.42. The first-order valence-electron chi connectivity index (χ1n) is 12.8. The molecule has 2 aliphatic rings. The maximum atomic E-state index is 13.0. The SMILES string of the molecule is CC(C)(C)OC(=O)N1CC2CC1C(n1nc(-c3ccc(C(=O)Nc4cnccn4)cc3)c3c(N)ncnc31)C2. The molecular formula is C27H29N9O3. The van der Waals surface area contributed by atoms with Crippen LogP contribution in [0.2, 0.25) is 0 Å². The fraction of sp³-hybridized carbons (Fsp3) is 0.370. The van der Waals surface area contributed by atoms with Crippen LogP contribution in [-0.2, 0) is 4.74 Å². The predicted octanol–water partition coefficient (Wildman–Crippen LogP) is 3.69. The van der Waals surface area contributed by atoms with Crippen molar-refractivity contribution in [3.05, 3.63) is 54.7 Å². The summed E-state index contributed by atoms with van der Waals surface area (Å²) >= 11 is 0. The molecule has 2 fully saturated rings. The number of nitrogens with one attached hydrogen (secondary N) is 1. The highest BCUT2D eigenvalue weighted by molar-refractivity contribution is 6.04. The first kappa shape index (κ1) is 24.7.